The fourth-order valence-electron chi connectivity index (χ4n) is 4.08. The number of benzene rings is 1. The minimum absolute atomic E-state index is 0.272. The van der Waals surface area contributed by atoms with Crippen LogP contribution in [-0.4, -0.2) is 47.3 Å². The molecule has 2 N–H and O–H groups in total. The zero-order valence-electron chi connectivity index (χ0n) is 15.3. The van der Waals surface area contributed by atoms with E-state index >= 15 is 0 Å². The molecule has 2 fully saturated rings. The van der Waals surface area contributed by atoms with Gasteiger partial charge in [-0.2, -0.15) is 5.10 Å². The van der Waals surface area contributed by atoms with Crippen molar-refractivity contribution in [3.63, 3.8) is 0 Å². The first-order valence-electron chi connectivity index (χ1n) is 9.65. The number of carbonyl (C=O) groups is 1. The Morgan fingerprint density at radius 1 is 1.26 bits per heavy atom. The molecule has 2 heterocycles. The highest BCUT2D eigenvalue weighted by atomic mass is 19.1. The molecule has 27 heavy (non-hydrogen) atoms. The number of nitrogens with zero attached hydrogens (tertiary/aromatic N) is 2. The fraction of sp³-hybridized carbons (Fsp3) is 0.500. The van der Waals surface area contributed by atoms with E-state index in [1.807, 2.05) is 11.0 Å². The van der Waals surface area contributed by atoms with Crippen LogP contribution >= 0.6 is 0 Å². The zero-order chi connectivity index (χ0) is 18.6. The SMILES string of the molecule is O=C(Nc1cc(C2CCCC2)[nH]n1)C(c1ccccc1F)N1CCOCC1. The van der Waals surface area contributed by atoms with E-state index in [4.69, 9.17) is 4.74 Å². The zero-order valence-corrected chi connectivity index (χ0v) is 15.3. The maximum atomic E-state index is 14.4. The largest absolute Gasteiger partial charge is 0.379 e. The maximum Gasteiger partial charge on any atom is 0.247 e. The van der Waals surface area contributed by atoms with E-state index in [1.54, 1.807) is 18.2 Å². The minimum Gasteiger partial charge on any atom is -0.379 e. The second kappa shape index (κ2) is 8.19. The lowest BCUT2D eigenvalue weighted by Crippen LogP contribution is -2.44. The standard InChI is InChI=1S/C20H25FN4O2/c21-16-8-4-3-7-15(16)19(25-9-11-27-12-10-25)20(26)22-18-13-17(23-24-18)14-5-1-2-6-14/h3-4,7-8,13-14,19H,1-2,5-6,9-12H2,(H2,22,23,24,26). The highest BCUT2D eigenvalue weighted by molar-refractivity contribution is 5.94. The molecule has 1 aromatic heterocycles. The summed E-state index contributed by atoms with van der Waals surface area (Å²) in [5, 5.41) is 10.2. The summed E-state index contributed by atoms with van der Waals surface area (Å²) in [6, 6.07) is 7.65. The summed E-state index contributed by atoms with van der Waals surface area (Å²) in [5.41, 5.74) is 1.44. The average molecular weight is 372 g/mol. The van der Waals surface area contributed by atoms with Crippen LogP contribution in [0.3, 0.4) is 0 Å². The van der Waals surface area contributed by atoms with Crippen molar-refractivity contribution < 1.29 is 13.9 Å². The molecule has 7 heteroatoms. The van der Waals surface area contributed by atoms with Gasteiger partial charge in [0.1, 0.15) is 11.9 Å². The molecule has 144 valence electrons. The smallest absolute Gasteiger partial charge is 0.247 e. The van der Waals surface area contributed by atoms with E-state index in [1.165, 1.54) is 18.9 Å². The number of hydrogen-bond donors (Lipinski definition) is 2. The van der Waals surface area contributed by atoms with Gasteiger partial charge in [-0.1, -0.05) is 31.0 Å². The first kappa shape index (κ1) is 18.1. The average Bonchev–Trinajstić information content (AvgIpc) is 3.36. The van der Waals surface area contributed by atoms with Crippen LogP contribution in [0.15, 0.2) is 30.3 Å². The van der Waals surface area contributed by atoms with Crippen molar-refractivity contribution in [1.82, 2.24) is 15.1 Å². The van der Waals surface area contributed by atoms with Crippen molar-refractivity contribution in [2.75, 3.05) is 31.6 Å². The molecule has 2 aliphatic rings. The van der Waals surface area contributed by atoms with Crippen molar-refractivity contribution >= 4 is 11.7 Å². The van der Waals surface area contributed by atoms with Gasteiger partial charge < -0.3 is 10.1 Å². The summed E-state index contributed by atoms with van der Waals surface area (Å²) in [4.78, 5) is 15.0. The normalized spacial score (nSPS) is 19.9. The van der Waals surface area contributed by atoms with Crippen LogP contribution in [0.5, 0.6) is 0 Å². The Morgan fingerprint density at radius 2 is 2.00 bits per heavy atom. The molecule has 1 saturated carbocycles. The van der Waals surface area contributed by atoms with Gasteiger partial charge in [0, 0.05) is 36.3 Å². The summed E-state index contributed by atoms with van der Waals surface area (Å²) in [6.45, 7) is 2.24. The monoisotopic (exact) mass is 372 g/mol. The second-order valence-corrected chi connectivity index (χ2v) is 7.25. The van der Waals surface area contributed by atoms with E-state index in [0.29, 0.717) is 43.6 Å². The van der Waals surface area contributed by atoms with Crippen molar-refractivity contribution in [3.8, 4) is 0 Å². The third-order valence-corrected chi connectivity index (χ3v) is 5.50. The molecule has 1 amide bonds. The quantitative estimate of drug-likeness (QED) is 0.846. The summed E-state index contributed by atoms with van der Waals surface area (Å²) in [5.74, 6) is 0.338. The van der Waals surface area contributed by atoms with Crippen molar-refractivity contribution in [3.05, 3.63) is 47.4 Å². The number of amides is 1. The van der Waals surface area contributed by atoms with E-state index in [2.05, 4.69) is 15.5 Å². The van der Waals surface area contributed by atoms with Gasteiger partial charge in [-0.25, -0.2) is 4.39 Å². The van der Waals surface area contributed by atoms with Gasteiger partial charge >= 0.3 is 0 Å². The third kappa shape index (κ3) is 4.04. The molecule has 1 saturated heterocycles. The number of halogens is 1. The highest BCUT2D eigenvalue weighted by Crippen LogP contribution is 2.34. The number of nitrogens with one attached hydrogen (secondary N) is 2. The molecule has 6 nitrogen and oxygen atoms in total. The number of rotatable bonds is 5. The number of morpholine rings is 1. The van der Waals surface area contributed by atoms with E-state index in [9.17, 15) is 9.18 Å². The molecular formula is C20H25FN4O2. The lowest BCUT2D eigenvalue weighted by Gasteiger charge is -2.33. The van der Waals surface area contributed by atoms with Gasteiger partial charge in [-0.05, 0) is 18.9 Å². The van der Waals surface area contributed by atoms with Crippen molar-refractivity contribution in [1.29, 1.82) is 0 Å². The number of aromatic nitrogens is 2. The number of carbonyl (C=O) groups excluding carboxylic acids is 1. The first-order chi connectivity index (χ1) is 13.2. The fourth-order valence-corrected chi connectivity index (χ4v) is 4.08. The van der Waals surface area contributed by atoms with Crippen LogP contribution in [0.2, 0.25) is 0 Å². The minimum atomic E-state index is -0.707. The Balaban J connectivity index is 1.54. The predicted molar refractivity (Wildman–Crippen MR) is 100.0 cm³/mol. The van der Waals surface area contributed by atoms with Gasteiger partial charge in [0.15, 0.2) is 5.82 Å². The van der Waals surface area contributed by atoms with E-state index < -0.39 is 6.04 Å². The van der Waals surface area contributed by atoms with Crippen LogP contribution in [-0.2, 0) is 9.53 Å². The molecule has 1 atom stereocenters. The second-order valence-electron chi connectivity index (χ2n) is 7.25. The number of aromatic amines is 1. The Bertz CT molecular complexity index is 782. The maximum absolute atomic E-state index is 14.4. The van der Waals surface area contributed by atoms with Gasteiger partial charge in [0.2, 0.25) is 5.91 Å². The van der Waals surface area contributed by atoms with Crippen LogP contribution < -0.4 is 5.32 Å². The van der Waals surface area contributed by atoms with Crippen molar-refractivity contribution in [2.45, 2.75) is 37.6 Å². The van der Waals surface area contributed by atoms with Crippen LogP contribution in [0.25, 0.3) is 0 Å². The molecule has 1 aromatic carbocycles. The summed E-state index contributed by atoms with van der Waals surface area (Å²) >= 11 is 0. The van der Waals surface area contributed by atoms with Gasteiger partial charge in [-0.3, -0.25) is 14.8 Å². The summed E-state index contributed by atoms with van der Waals surface area (Å²) in [7, 11) is 0. The van der Waals surface area contributed by atoms with Crippen LogP contribution in [0.1, 0.15) is 48.9 Å². The number of ether oxygens (including phenoxy) is 1. The molecule has 1 unspecified atom stereocenters. The number of anilines is 1. The molecule has 1 aliphatic heterocycles. The molecule has 0 radical (unpaired) electrons. The topological polar surface area (TPSA) is 70.2 Å². The molecule has 1 aliphatic carbocycles. The summed E-state index contributed by atoms with van der Waals surface area (Å²) < 4.78 is 19.8. The van der Waals surface area contributed by atoms with Gasteiger partial charge in [0.05, 0.1) is 13.2 Å². The lowest BCUT2D eigenvalue weighted by molar-refractivity contribution is -0.123. The predicted octanol–water partition coefficient (Wildman–Crippen LogP) is 3.22. The number of H-pyrrole nitrogens is 1. The van der Waals surface area contributed by atoms with Gasteiger partial charge in [-0.15, -0.1) is 0 Å². The van der Waals surface area contributed by atoms with Gasteiger partial charge in [0.25, 0.3) is 0 Å². The molecule has 0 spiro atoms. The van der Waals surface area contributed by atoms with E-state index in [-0.39, 0.29) is 11.7 Å². The Hall–Kier alpha value is -2.25. The Kier molecular flexibility index (Phi) is 5.50. The Labute approximate surface area is 158 Å². The molecule has 0 bridgehead atoms. The molecule has 4 rings (SSSR count). The van der Waals surface area contributed by atoms with Crippen molar-refractivity contribution in [2.24, 2.45) is 0 Å². The Morgan fingerprint density at radius 3 is 2.74 bits per heavy atom. The summed E-state index contributed by atoms with van der Waals surface area (Å²) in [6.07, 6.45) is 4.78. The van der Waals surface area contributed by atoms with Crippen LogP contribution in [0, 0.1) is 5.82 Å². The lowest BCUT2D eigenvalue weighted by atomic mass is 10.0. The van der Waals surface area contributed by atoms with E-state index in [0.717, 1.165) is 18.5 Å². The molecular weight excluding hydrogens is 347 g/mol. The first-order valence-corrected chi connectivity index (χ1v) is 9.65. The third-order valence-electron chi connectivity index (χ3n) is 5.50. The highest BCUT2D eigenvalue weighted by Gasteiger charge is 2.31. The number of hydrogen-bond acceptors (Lipinski definition) is 4. The molecule has 2 aromatic rings. The van der Waals surface area contributed by atoms with Crippen LogP contribution in [0.4, 0.5) is 10.2 Å².